The lowest BCUT2D eigenvalue weighted by molar-refractivity contribution is -0.274. The van der Waals surface area contributed by atoms with Crippen molar-refractivity contribution in [3.05, 3.63) is 59.5 Å². The molecule has 2 aromatic rings. The van der Waals surface area contributed by atoms with Gasteiger partial charge in [-0.1, -0.05) is 30.3 Å². The average molecular weight is 422 g/mol. The standard InChI is InChI=1S/C15H13F3N2O5S2/c16-15(17,18)25-13-7-3-1-5-11(13)9-10-26(21,22)20-12-6-2-4-8-14(12)27(19,23)24/h1-10,20H,(H2,19,23,24). The van der Waals surface area contributed by atoms with E-state index in [0.29, 0.717) is 5.41 Å². The number of rotatable bonds is 6. The monoisotopic (exact) mass is 422 g/mol. The molecule has 27 heavy (non-hydrogen) atoms. The lowest BCUT2D eigenvalue weighted by Crippen LogP contribution is -2.18. The first-order chi connectivity index (χ1) is 12.4. The molecule has 146 valence electrons. The first-order valence-corrected chi connectivity index (χ1v) is 10.1. The third-order valence-corrected chi connectivity index (χ3v) is 4.99. The summed E-state index contributed by atoms with van der Waals surface area (Å²) >= 11 is 0. The van der Waals surface area contributed by atoms with Gasteiger partial charge in [0.25, 0.3) is 10.0 Å². The maximum absolute atomic E-state index is 12.4. The zero-order valence-electron chi connectivity index (χ0n) is 13.3. The fraction of sp³-hybridized carbons (Fsp3) is 0.0667. The Kier molecular flexibility index (Phi) is 5.82. The Balaban J connectivity index is 2.31. The number of nitrogens with two attached hydrogens (primary N) is 1. The van der Waals surface area contributed by atoms with Crippen LogP contribution in [0.5, 0.6) is 5.75 Å². The summed E-state index contributed by atoms with van der Waals surface area (Å²) in [7, 11) is -8.46. The molecule has 0 amide bonds. The Morgan fingerprint density at radius 2 is 1.56 bits per heavy atom. The highest BCUT2D eigenvalue weighted by Gasteiger charge is 2.31. The molecule has 0 aromatic heterocycles. The maximum Gasteiger partial charge on any atom is 0.573 e. The average Bonchev–Trinajstić information content (AvgIpc) is 2.52. The maximum atomic E-state index is 12.4. The van der Waals surface area contributed by atoms with Gasteiger partial charge in [-0.25, -0.2) is 22.0 Å². The van der Waals surface area contributed by atoms with E-state index in [0.717, 1.165) is 18.2 Å². The highest BCUT2D eigenvalue weighted by Crippen LogP contribution is 2.27. The van der Waals surface area contributed by atoms with Crippen molar-refractivity contribution in [3.8, 4) is 5.75 Å². The molecular weight excluding hydrogens is 409 g/mol. The van der Waals surface area contributed by atoms with E-state index < -0.39 is 37.1 Å². The SMILES string of the molecule is NS(=O)(=O)c1ccccc1NS(=O)(=O)C=Cc1ccccc1OC(F)(F)F. The van der Waals surface area contributed by atoms with Crippen molar-refractivity contribution in [2.24, 2.45) is 5.14 Å². The van der Waals surface area contributed by atoms with Crippen molar-refractivity contribution >= 4 is 31.8 Å². The van der Waals surface area contributed by atoms with Gasteiger partial charge in [0.2, 0.25) is 10.0 Å². The van der Waals surface area contributed by atoms with E-state index in [1.807, 2.05) is 4.72 Å². The summed E-state index contributed by atoms with van der Waals surface area (Å²) in [4.78, 5) is -0.456. The Labute approximate surface area is 153 Å². The van der Waals surface area contributed by atoms with E-state index in [1.165, 1.54) is 36.4 Å². The van der Waals surface area contributed by atoms with Gasteiger partial charge >= 0.3 is 6.36 Å². The van der Waals surface area contributed by atoms with Gasteiger partial charge < -0.3 is 4.74 Å². The first kappa shape index (κ1) is 20.7. The minimum atomic E-state index is -4.95. The van der Waals surface area contributed by atoms with Crippen molar-refractivity contribution in [3.63, 3.8) is 0 Å². The predicted octanol–water partition coefficient (Wildman–Crippen LogP) is 2.65. The second-order valence-electron chi connectivity index (χ2n) is 5.08. The lowest BCUT2D eigenvalue weighted by atomic mass is 10.2. The smallest absolute Gasteiger partial charge is 0.405 e. The zero-order valence-corrected chi connectivity index (χ0v) is 15.0. The van der Waals surface area contributed by atoms with Crippen LogP contribution in [0.3, 0.4) is 0 Å². The number of hydrogen-bond donors (Lipinski definition) is 2. The molecule has 0 atom stereocenters. The van der Waals surface area contributed by atoms with Crippen molar-refractivity contribution in [2.75, 3.05) is 4.72 Å². The summed E-state index contributed by atoms with van der Waals surface area (Å²) in [5, 5.41) is 5.59. The molecule has 0 unspecified atom stereocenters. The molecule has 0 fully saturated rings. The van der Waals surface area contributed by atoms with E-state index >= 15 is 0 Å². The molecule has 0 spiro atoms. The van der Waals surface area contributed by atoms with Crippen LogP contribution in [-0.4, -0.2) is 23.2 Å². The van der Waals surface area contributed by atoms with Crippen LogP contribution < -0.4 is 14.6 Å². The van der Waals surface area contributed by atoms with Crippen LogP contribution in [0.1, 0.15) is 5.56 Å². The van der Waals surface area contributed by atoms with Gasteiger partial charge in [0.1, 0.15) is 10.6 Å². The van der Waals surface area contributed by atoms with Crippen molar-refractivity contribution in [1.82, 2.24) is 0 Å². The molecule has 3 N–H and O–H groups in total. The number of sulfonamides is 2. The number of alkyl halides is 3. The molecule has 0 saturated heterocycles. The Morgan fingerprint density at radius 1 is 0.963 bits per heavy atom. The number of anilines is 1. The highest BCUT2D eigenvalue weighted by molar-refractivity contribution is 7.95. The normalized spacial score (nSPS) is 12.9. The van der Waals surface area contributed by atoms with Crippen molar-refractivity contribution in [1.29, 1.82) is 0 Å². The van der Waals surface area contributed by atoms with Crippen LogP contribution in [-0.2, 0) is 20.0 Å². The molecule has 2 rings (SSSR count). The number of nitrogens with one attached hydrogen (secondary N) is 1. The fourth-order valence-electron chi connectivity index (χ4n) is 1.99. The summed E-state index contributed by atoms with van der Waals surface area (Å²) < 4.78 is 90.3. The zero-order chi connectivity index (χ0) is 20.3. The van der Waals surface area contributed by atoms with Gasteiger partial charge in [-0.3, -0.25) is 4.72 Å². The summed E-state index contributed by atoms with van der Waals surface area (Å²) in [5.74, 6) is -0.596. The Bertz CT molecular complexity index is 1060. The lowest BCUT2D eigenvalue weighted by Gasteiger charge is -2.11. The number of benzene rings is 2. The summed E-state index contributed by atoms with van der Waals surface area (Å²) in [6.07, 6.45) is -4.07. The van der Waals surface area contributed by atoms with Crippen LogP contribution in [0.15, 0.2) is 58.8 Å². The van der Waals surface area contributed by atoms with Gasteiger partial charge in [0, 0.05) is 5.56 Å². The molecule has 0 aliphatic carbocycles. The number of primary sulfonamides is 1. The Hall–Kier alpha value is -2.57. The van der Waals surface area contributed by atoms with Crippen LogP contribution in [0.2, 0.25) is 0 Å². The molecule has 0 bridgehead atoms. The number of para-hydroxylation sites is 2. The number of hydrogen-bond acceptors (Lipinski definition) is 5. The van der Waals surface area contributed by atoms with E-state index in [4.69, 9.17) is 5.14 Å². The fourth-order valence-corrected chi connectivity index (χ4v) is 3.62. The molecule has 12 heteroatoms. The molecule has 0 radical (unpaired) electrons. The quantitative estimate of drug-likeness (QED) is 0.743. The summed E-state index contributed by atoms with van der Waals surface area (Å²) in [5.41, 5.74) is -0.454. The van der Waals surface area contributed by atoms with Gasteiger partial charge in [0.05, 0.1) is 11.1 Å². The highest BCUT2D eigenvalue weighted by atomic mass is 32.2. The number of ether oxygens (including phenoxy) is 1. The molecule has 0 aliphatic rings. The third kappa shape index (κ3) is 6.27. The predicted molar refractivity (Wildman–Crippen MR) is 92.5 cm³/mol. The molecule has 0 aliphatic heterocycles. The summed E-state index contributed by atoms with van der Waals surface area (Å²) in [6.45, 7) is 0. The van der Waals surface area contributed by atoms with Crippen molar-refractivity contribution in [2.45, 2.75) is 11.3 Å². The van der Waals surface area contributed by atoms with Gasteiger partial charge in [-0.15, -0.1) is 13.2 Å². The van der Waals surface area contributed by atoms with E-state index in [-0.39, 0.29) is 11.3 Å². The second-order valence-corrected chi connectivity index (χ2v) is 8.17. The first-order valence-electron chi connectivity index (χ1n) is 7.05. The van der Waals surface area contributed by atoms with E-state index in [1.54, 1.807) is 0 Å². The van der Waals surface area contributed by atoms with E-state index in [9.17, 15) is 30.0 Å². The Morgan fingerprint density at radius 3 is 2.19 bits per heavy atom. The minimum Gasteiger partial charge on any atom is -0.405 e. The molecule has 0 heterocycles. The van der Waals surface area contributed by atoms with Crippen LogP contribution in [0, 0.1) is 0 Å². The molecule has 2 aromatic carbocycles. The molecule has 7 nitrogen and oxygen atoms in total. The van der Waals surface area contributed by atoms with E-state index in [2.05, 4.69) is 4.74 Å². The van der Waals surface area contributed by atoms with Crippen LogP contribution in [0.4, 0.5) is 18.9 Å². The van der Waals surface area contributed by atoms with Crippen LogP contribution >= 0.6 is 0 Å². The largest absolute Gasteiger partial charge is 0.573 e. The molecule has 0 saturated carbocycles. The van der Waals surface area contributed by atoms with Gasteiger partial charge in [-0.05, 0) is 24.3 Å². The molecular formula is C15H13F3N2O5S2. The van der Waals surface area contributed by atoms with Crippen LogP contribution in [0.25, 0.3) is 6.08 Å². The second kappa shape index (κ2) is 7.58. The van der Waals surface area contributed by atoms with Crippen molar-refractivity contribution < 1.29 is 34.7 Å². The number of halogens is 3. The third-order valence-electron chi connectivity index (χ3n) is 3.02. The van der Waals surface area contributed by atoms with Gasteiger partial charge in [-0.2, -0.15) is 0 Å². The summed E-state index contributed by atoms with van der Waals surface area (Å²) in [6, 6.07) is 9.90. The topological polar surface area (TPSA) is 116 Å². The minimum absolute atomic E-state index is 0.153. The van der Waals surface area contributed by atoms with Gasteiger partial charge in [0.15, 0.2) is 0 Å².